The van der Waals surface area contributed by atoms with Crippen LogP contribution in [0.15, 0.2) is 36.7 Å². The minimum absolute atomic E-state index is 0.0784. The summed E-state index contributed by atoms with van der Waals surface area (Å²) in [7, 11) is 0. The van der Waals surface area contributed by atoms with Gasteiger partial charge in [-0.1, -0.05) is 26.8 Å². The van der Waals surface area contributed by atoms with Crippen LogP contribution in [0.25, 0.3) is 17.2 Å². The number of imidazole rings is 1. The lowest BCUT2D eigenvalue weighted by Crippen LogP contribution is -2.15. The van der Waals surface area contributed by atoms with Crippen molar-refractivity contribution in [2.45, 2.75) is 26.2 Å². The third-order valence-electron chi connectivity index (χ3n) is 3.11. The molecule has 102 valence electrons. The van der Waals surface area contributed by atoms with Crippen LogP contribution in [0.5, 0.6) is 0 Å². The molecule has 0 bridgehead atoms. The number of pyridine rings is 1. The Kier molecular flexibility index (Phi) is 2.71. The Balaban J connectivity index is 2.16. The lowest BCUT2D eigenvalue weighted by Gasteiger charge is -2.18. The Morgan fingerprint density at radius 2 is 1.90 bits per heavy atom. The molecule has 0 aliphatic heterocycles. The zero-order chi connectivity index (χ0) is 14.3. The summed E-state index contributed by atoms with van der Waals surface area (Å²) in [5.74, 6) is 1.04. The van der Waals surface area contributed by atoms with Crippen LogP contribution in [0.1, 0.15) is 26.5 Å². The van der Waals surface area contributed by atoms with Gasteiger partial charge in [-0.25, -0.2) is 15.0 Å². The van der Waals surface area contributed by atoms with Crippen LogP contribution in [-0.2, 0) is 5.41 Å². The maximum absolute atomic E-state index is 5.90. The Labute approximate surface area is 117 Å². The predicted octanol–water partition coefficient (Wildman–Crippen LogP) is 2.67. The summed E-state index contributed by atoms with van der Waals surface area (Å²) in [6, 6.07) is 7.67. The maximum atomic E-state index is 5.90. The van der Waals surface area contributed by atoms with E-state index in [1.165, 1.54) is 0 Å². The van der Waals surface area contributed by atoms with Gasteiger partial charge in [0.15, 0.2) is 5.82 Å². The largest absolute Gasteiger partial charge is 0.384 e. The molecular weight excluding hydrogens is 250 g/mol. The first-order valence-corrected chi connectivity index (χ1v) is 6.53. The first-order chi connectivity index (χ1) is 9.43. The van der Waals surface area contributed by atoms with E-state index in [9.17, 15) is 0 Å². The van der Waals surface area contributed by atoms with E-state index < -0.39 is 0 Å². The zero-order valence-electron chi connectivity index (χ0n) is 11.8. The van der Waals surface area contributed by atoms with E-state index in [2.05, 4.69) is 35.7 Å². The molecule has 3 aromatic heterocycles. The number of rotatable bonds is 1. The molecule has 0 atom stereocenters. The van der Waals surface area contributed by atoms with Gasteiger partial charge >= 0.3 is 0 Å². The normalized spacial score (nSPS) is 11.9. The fourth-order valence-electron chi connectivity index (χ4n) is 2.01. The summed E-state index contributed by atoms with van der Waals surface area (Å²) in [5, 5.41) is 0. The smallest absolute Gasteiger partial charge is 0.182 e. The molecule has 0 spiro atoms. The van der Waals surface area contributed by atoms with Crippen molar-refractivity contribution in [3.8, 4) is 11.5 Å². The fourth-order valence-corrected chi connectivity index (χ4v) is 2.01. The molecule has 0 aliphatic rings. The van der Waals surface area contributed by atoms with E-state index in [4.69, 9.17) is 5.73 Å². The van der Waals surface area contributed by atoms with Crippen LogP contribution in [0.3, 0.4) is 0 Å². The quantitative estimate of drug-likeness (QED) is 0.736. The second-order valence-corrected chi connectivity index (χ2v) is 5.84. The molecular formula is C15H17N5. The van der Waals surface area contributed by atoms with Crippen LogP contribution < -0.4 is 5.73 Å². The van der Waals surface area contributed by atoms with Crippen molar-refractivity contribution in [1.29, 1.82) is 0 Å². The number of hydrogen-bond donors (Lipinski definition) is 1. The van der Waals surface area contributed by atoms with Crippen LogP contribution in [0.4, 0.5) is 5.82 Å². The third-order valence-corrected chi connectivity index (χ3v) is 3.11. The minimum atomic E-state index is -0.0784. The summed E-state index contributed by atoms with van der Waals surface area (Å²) in [4.78, 5) is 13.4. The van der Waals surface area contributed by atoms with Gasteiger partial charge in [-0.3, -0.25) is 0 Å². The maximum Gasteiger partial charge on any atom is 0.182 e. The average molecular weight is 267 g/mol. The highest BCUT2D eigenvalue weighted by Gasteiger charge is 2.18. The number of nitrogens with two attached hydrogens (primary N) is 1. The molecule has 3 rings (SSSR count). The molecule has 0 unspecified atom stereocenters. The molecule has 20 heavy (non-hydrogen) atoms. The van der Waals surface area contributed by atoms with Crippen LogP contribution in [-0.4, -0.2) is 19.4 Å². The molecule has 5 nitrogen and oxygen atoms in total. The van der Waals surface area contributed by atoms with Crippen molar-refractivity contribution < 1.29 is 0 Å². The van der Waals surface area contributed by atoms with Crippen molar-refractivity contribution in [1.82, 2.24) is 19.4 Å². The Morgan fingerprint density at radius 1 is 1.10 bits per heavy atom. The van der Waals surface area contributed by atoms with E-state index in [1.54, 1.807) is 0 Å². The van der Waals surface area contributed by atoms with Crippen LogP contribution in [0.2, 0.25) is 0 Å². The summed E-state index contributed by atoms with van der Waals surface area (Å²) in [5.41, 5.74) is 8.33. The van der Waals surface area contributed by atoms with Gasteiger partial charge < -0.3 is 10.1 Å². The van der Waals surface area contributed by atoms with Crippen molar-refractivity contribution in [3.63, 3.8) is 0 Å². The number of hydrogen-bond acceptors (Lipinski definition) is 4. The van der Waals surface area contributed by atoms with E-state index in [1.807, 2.05) is 41.1 Å². The van der Waals surface area contributed by atoms with E-state index in [-0.39, 0.29) is 5.41 Å². The first-order valence-electron chi connectivity index (χ1n) is 6.53. The van der Waals surface area contributed by atoms with Crippen molar-refractivity contribution >= 4 is 11.5 Å². The number of nitrogens with zero attached hydrogens (tertiary/aromatic N) is 4. The van der Waals surface area contributed by atoms with E-state index in [0.29, 0.717) is 11.6 Å². The molecule has 0 aromatic carbocycles. The van der Waals surface area contributed by atoms with Gasteiger partial charge in [-0.2, -0.15) is 0 Å². The van der Waals surface area contributed by atoms with Gasteiger partial charge in [0, 0.05) is 23.9 Å². The SMILES string of the molecule is CC(C)(C)c1cc(N)nc(-c2cn3ccccc3n2)n1. The summed E-state index contributed by atoms with van der Waals surface area (Å²) in [6.45, 7) is 6.30. The number of anilines is 1. The standard InChI is InChI=1S/C15H17N5/c1-15(2,3)11-8-12(16)19-14(18-11)10-9-20-7-5-4-6-13(20)17-10/h4-9H,1-3H3,(H2,16,18,19). The highest BCUT2D eigenvalue weighted by Crippen LogP contribution is 2.24. The summed E-state index contributed by atoms with van der Waals surface area (Å²) >= 11 is 0. The van der Waals surface area contributed by atoms with E-state index in [0.717, 1.165) is 17.0 Å². The van der Waals surface area contributed by atoms with E-state index >= 15 is 0 Å². The average Bonchev–Trinajstić information content (AvgIpc) is 2.80. The van der Waals surface area contributed by atoms with Crippen molar-refractivity contribution in [2.24, 2.45) is 0 Å². The van der Waals surface area contributed by atoms with Crippen LogP contribution >= 0.6 is 0 Å². The second kappa shape index (κ2) is 4.30. The molecule has 0 saturated heterocycles. The Morgan fingerprint density at radius 3 is 2.60 bits per heavy atom. The fraction of sp³-hybridized carbons (Fsp3) is 0.267. The number of aromatic nitrogens is 4. The molecule has 0 aliphatic carbocycles. The number of nitrogen functional groups attached to an aromatic ring is 1. The third kappa shape index (κ3) is 2.22. The van der Waals surface area contributed by atoms with Gasteiger partial charge in [0.05, 0.1) is 5.69 Å². The van der Waals surface area contributed by atoms with Gasteiger partial charge in [0.1, 0.15) is 17.2 Å². The highest BCUT2D eigenvalue weighted by atomic mass is 15.0. The highest BCUT2D eigenvalue weighted by molar-refractivity contribution is 5.57. The Bertz CT molecular complexity index is 734. The zero-order valence-corrected chi connectivity index (χ0v) is 11.8. The number of fused-ring (bicyclic) bond motifs is 1. The molecule has 0 saturated carbocycles. The van der Waals surface area contributed by atoms with Crippen molar-refractivity contribution in [3.05, 3.63) is 42.4 Å². The van der Waals surface area contributed by atoms with Gasteiger partial charge in [0.2, 0.25) is 0 Å². The summed E-state index contributed by atoms with van der Waals surface area (Å²) < 4.78 is 1.94. The first kappa shape index (κ1) is 12.6. The molecule has 0 amide bonds. The van der Waals surface area contributed by atoms with Crippen LogP contribution in [0, 0.1) is 0 Å². The molecule has 0 radical (unpaired) electrons. The summed E-state index contributed by atoms with van der Waals surface area (Å²) in [6.07, 6.45) is 3.86. The molecule has 3 heterocycles. The Hall–Kier alpha value is -2.43. The lowest BCUT2D eigenvalue weighted by molar-refractivity contribution is 0.568. The van der Waals surface area contributed by atoms with Crippen molar-refractivity contribution in [2.75, 3.05) is 5.73 Å². The monoisotopic (exact) mass is 267 g/mol. The molecule has 0 fully saturated rings. The molecule has 2 N–H and O–H groups in total. The van der Waals surface area contributed by atoms with Gasteiger partial charge in [-0.15, -0.1) is 0 Å². The molecule has 5 heteroatoms. The lowest BCUT2D eigenvalue weighted by atomic mass is 9.92. The van der Waals surface area contributed by atoms with Gasteiger partial charge in [-0.05, 0) is 12.1 Å². The van der Waals surface area contributed by atoms with Gasteiger partial charge in [0.25, 0.3) is 0 Å². The molecule has 3 aromatic rings. The minimum Gasteiger partial charge on any atom is -0.384 e. The topological polar surface area (TPSA) is 69.1 Å². The predicted molar refractivity (Wildman–Crippen MR) is 79.3 cm³/mol. The second-order valence-electron chi connectivity index (χ2n) is 5.84.